The van der Waals surface area contributed by atoms with E-state index in [9.17, 15) is 9.59 Å². The van der Waals surface area contributed by atoms with Gasteiger partial charge in [-0.15, -0.1) is 0 Å². The van der Waals surface area contributed by atoms with Crippen LogP contribution in [0.4, 0.5) is 0 Å². The lowest BCUT2D eigenvalue weighted by Crippen LogP contribution is -2.16. The molecule has 0 saturated carbocycles. The Morgan fingerprint density at radius 1 is 0.929 bits per heavy atom. The molecule has 0 fully saturated rings. The first-order chi connectivity index (χ1) is 6.62. The predicted octanol–water partition coefficient (Wildman–Crippen LogP) is 1.42. The third-order valence-corrected chi connectivity index (χ3v) is 2.62. The van der Waals surface area contributed by atoms with Gasteiger partial charge in [-0.2, -0.15) is 0 Å². The van der Waals surface area contributed by atoms with Crippen LogP contribution < -0.4 is 0 Å². The highest BCUT2D eigenvalue weighted by atomic mass is 79.9. The number of methoxy groups -OCH3 is 2. The van der Waals surface area contributed by atoms with E-state index in [4.69, 9.17) is 0 Å². The summed E-state index contributed by atoms with van der Waals surface area (Å²) in [5.74, 6) is -1.08. The first-order valence-corrected chi connectivity index (χ1v) is 5.87. The Hall–Kier alpha value is -0.360. The highest BCUT2D eigenvalue weighted by Crippen LogP contribution is 2.13. The van der Waals surface area contributed by atoms with Crippen molar-refractivity contribution in [2.45, 2.75) is 0 Å². The van der Waals surface area contributed by atoms with Gasteiger partial charge in [0.25, 0.3) is 0 Å². The molecule has 0 aliphatic carbocycles. The Labute approximate surface area is 98.9 Å². The van der Waals surface area contributed by atoms with Crippen LogP contribution in [0.25, 0.3) is 0 Å². The molecule has 4 nitrogen and oxygen atoms in total. The molecule has 0 amide bonds. The van der Waals surface area contributed by atoms with Gasteiger partial charge in [-0.05, 0) is 0 Å². The number of rotatable bonds is 4. The molecule has 80 valence electrons. The minimum atomic E-state index is -0.540. The fraction of sp³-hybridized carbons (Fsp3) is 0.500. The second-order valence-corrected chi connectivity index (χ2v) is 3.33. The molecule has 0 spiro atoms. The molecular formula is C8H10Br2O4. The van der Waals surface area contributed by atoms with Gasteiger partial charge >= 0.3 is 11.9 Å². The molecule has 0 aromatic rings. The van der Waals surface area contributed by atoms with Gasteiger partial charge in [0.2, 0.25) is 0 Å². The summed E-state index contributed by atoms with van der Waals surface area (Å²) >= 11 is 6.22. The van der Waals surface area contributed by atoms with Crippen molar-refractivity contribution in [1.82, 2.24) is 0 Å². The number of esters is 2. The average molecular weight is 330 g/mol. The summed E-state index contributed by atoms with van der Waals surface area (Å²) < 4.78 is 9.05. The zero-order valence-corrected chi connectivity index (χ0v) is 11.0. The van der Waals surface area contributed by atoms with E-state index in [-0.39, 0.29) is 21.8 Å². The Kier molecular flexibility index (Phi) is 6.82. The zero-order valence-electron chi connectivity index (χ0n) is 7.80. The third-order valence-electron chi connectivity index (χ3n) is 1.50. The molecule has 0 bridgehead atoms. The van der Waals surface area contributed by atoms with Gasteiger partial charge in [-0.25, -0.2) is 9.59 Å². The van der Waals surface area contributed by atoms with E-state index in [0.29, 0.717) is 0 Å². The molecule has 0 aromatic heterocycles. The molecule has 0 aromatic carbocycles. The summed E-state index contributed by atoms with van der Waals surface area (Å²) in [4.78, 5) is 22.5. The van der Waals surface area contributed by atoms with Gasteiger partial charge in [0.15, 0.2) is 0 Å². The number of hydrogen-bond acceptors (Lipinski definition) is 4. The Bertz CT molecular complexity index is 234. The van der Waals surface area contributed by atoms with Crippen LogP contribution in [0.5, 0.6) is 0 Å². The van der Waals surface area contributed by atoms with Crippen molar-refractivity contribution < 1.29 is 19.1 Å². The molecule has 0 aliphatic heterocycles. The number of ether oxygens (including phenoxy) is 2. The summed E-state index contributed by atoms with van der Waals surface area (Å²) in [7, 11) is 2.52. The van der Waals surface area contributed by atoms with Crippen molar-refractivity contribution in [3.05, 3.63) is 11.1 Å². The van der Waals surface area contributed by atoms with Crippen molar-refractivity contribution in [2.24, 2.45) is 0 Å². The molecule has 0 heterocycles. The van der Waals surface area contributed by atoms with Gasteiger partial charge in [0.1, 0.15) is 0 Å². The number of hydrogen-bond donors (Lipinski definition) is 0. The largest absolute Gasteiger partial charge is 0.466 e. The fourth-order valence-corrected chi connectivity index (χ4v) is 1.90. The number of carbonyl (C=O) groups excluding carboxylic acids is 2. The van der Waals surface area contributed by atoms with Crippen LogP contribution in [0, 0.1) is 0 Å². The van der Waals surface area contributed by atoms with Crippen LogP contribution in [0.3, 0.4) is 0 Å². The van der Waals surface area contributed by atoms with Crippen molar-refractivity contribution in [3.8, 4) is 0 Å². The molecular weight excluding hydrogens is 320 g/mol. The first-order valence-electron chi connectivity index (χ1n) is 3.62. The topological polar surface area (TPSA) is 52.6 Å². The second-order valence-electron chi connectivity index (χ2n) is 2.21. The lowest BCUT2D eigenvalue weighted by Gasteiger charge is -2.07. The van der Waals surface area contributed by atoms with E-state index in [1.54, 1.807) is 0 Å². The van der Waals surface area contributed by atoms with E-state index in [1.807, 2.05) is 0 Å². The Morgan fingerprint density at radius 2 is 1.21 bits per heavy atom. The minimum Gasteiger partial charge on any atom is -0.466 e. The summed E-state index contributed by atoms with van der Waals surface area (Å²) in [5.41, 5.74) is 0.521. The van der Waals surface area contributed by atoms with Gasteiger partial charge in [0, 0.05) is 10.7 Å². The van der Waals surface area contributed by atoms with E-state index < -0.39 is 11.9 Å². The molecule has 0 radical (unpaired) electrons. The smallest absolute Gasteiger partial charge is 0.335 e. The monoisotopic (exact) mass is 328 g/mol. The van der Waals surface area contributed by atoms with Gasteiger partial charge in [-0.1, -0.05) is 31.9 Å². The normalized spacial score (nSPS) is 11.7. The summed E-state index contributed by atoms with van der Waals surface area (Å²) in [6, 6.07) is 0. The van der Waals surface area contributed by atoms with Gasteiger partial charge in [0.05, 0.1) is 25.4 Å². The molecule has 14 heavy (non-hydrogen) atoms. The van der Waals surface area contributed by atoms with Crippen molar-refractivity contribution in [3.63, 3.8) is 0 Å². The minimum absolute atomic E-state index is 0.246. The van der Waals surface area contributed by atoms with Crippen LogP contribution in [-0.4, -0.2) is 36.8 Å². The standard InChI is InChI=1S/C8H10Br2O4/c1-13-7(11)5(3-9)6(4-10)8(12)14-2/h3-4H2,1-2H3/b6-5+. The van der Waals surface area contributed by atoms with Crippen molar-refractivity contribution in [1.29, 1.82) is 0 Å². The van der Waals surface area contributed by atoms with Crippen LogP contribution in [0.1, 0.15) is 0 Å². The van der Waals surface area contributed by atoms with E-state index in [2.05, 4.69) is 41.3 Å². The third kappa shape index (κ3) is 3.42. The summed E-state index contributed by atoms with van der Waals surface area (Å²) in [6.45, 7) is 0. The summed E-state index contributed by atoms with van der Waals surface area (Å²) in [5, 5.41) is 0.491. The number of carbonyl (C=O) groups is 2. The maximum absolute atomic E-state index is 11.2. The quantitative estimate of drug-likeness (QED) is 0.444. The molecule has 0 rings (SSSR count). The highest BCUT2D eigenvalue weighted by Gasteiger charge is 2.20. The van der Waals surface area contributed by atoms with Gasteiger partial charge < -0.3 is 9.47 Å². The van der Waals surface area contributed by atoms with Gasteiger partial charge in [-0.3, -0.25) is 0 Å². The molecule has 6 heteroatoms. The lowest BCUT2D eigenvalue weighted by molar-refractivity contribution is -0.139. The molecule has 0 atom stereocenters. The van der Waals surface area contributed by atoms with E-state index >= 15 is 0 Å². The number of halogens is 2. The van der Waals surface area contributed by atoms with Crippen LogP contribution >= 0.6 is 31.9 Å². The van der Waals surface area contributed by atoms with Crippen LogP contribution in [0.15, 0.2) is 11.1 Å². The first kappa shape index (κ1) is 13.6. The zero-order chi connectivity index (χ0) is 11.1. The van der Waals surface area contributed by atoms with Crippen molar-refractivity contribution in [2.75, 3.05) is 24.9 Å². The highest BCUT2D eigenvalue weighted by molar-refractivity contribution is 9.09. The van der Waals surface area contributed by atoms with Crippen LogP contribution in [-0.2, 0) is 19.1 Å². The van der Waals surface area contributed by atoms with E-state index in [1.165, 1.54) is 14.2 Å². The average Bonchev–Trinajstić information content (AvgIpc) is 2.23. The van der Waals surface area contributed by atoms with E-state index in [0.717, 1.165) is 0 Å². The fourth-order valence-electron chi connectivity index (χ4n) is 0.763. The SMILES string of the molecule is COC(=O)/C(CBr)=C(\CBr)C(=O)OC. The lowest BCUT2D eigenvalue weighted by atomic mass is 10.1. The van der Waals surface area contributed by atoms with Crippen molar-refractivity contribution >= 4 is 43.8 Å². The maximum Gasteiger partial charge on any atom is 0.335 e. The predicted molar refractivity (Wildman–Crippen MR) is 58.6 cm³/mol. The Balaban J connectivity index is 5.11. The molecule has 0 N–H and O–H groups in total. The molecule has 0 unspecified atom stereocenters. The second kappa shape index (κ2) is 7.00. The molecule has 0 saturated heterocycles. The number of alkyl halides is 2. The summed E-state index contributed by atoms with van der Waals surface area (Å²) in [6.07, 6.45) is 0. The van der Waals surface area contributed by atoms with Crippen LogP contribution in [0.2, 0.25) is 0 Å². The Morgan fingerprint density at radius 3 is 1.36 bits per heavy atom. The molecule has 0 aliphatic rings. The maximum atomic E-state index is 11.2.